The molecule has 2 rings (SSSR count). The molecule has 3 N–H and O–H groups in total. The molecule has 0 radical (unpaired) electrons. The summed E-state index contributed by atoms with van der Waals surface area (Å²) in [5.74, 6) is -1.77. The van der Waals surface area contributed by atoms with E-state index in [4.69, 9.17) is 5.73 Å². The number of aromatic amines is 1. The normalized spacial score (nSPS) is 23.1. The largest absolute Gasteiger partial charge is 0.349 e. The van der Waals surface area contributed by atoms with Crippen LogP contribution in [-0.2, 0) is 6.42 Å². The van der Waals surface area contributed by atoms with Crippen LogP contribution >= 0.6 is 0 Å². The molecule has 0 saturated heterocycles. The van der Waals surface area contributed by atoms with Gasteiger partial charge in [-0.2, -0.15) is 0 Å². The van der Waals surface area contributed by atoms with Gasteiger partial charge in [-0.05, 0) is 5.92 Å². The fraction of sp³-hybridized carbons (Fsp3) is 0.667. The average molecular weight is 201 g/mol. The molecule has 1 aromatic rings. The second-order valence-electron chi connectivity index (χ2n) is 3.93. The van der Waals surface area contributed by atoms with Crippen LogP contribution in [0.2, 0.25) is 0 Å². The molecule has 1 aliphatic rings. The van der Waals surface area contributed by atoms with E-state index in [0.717, 1.165) is 5.82 Å². The fourth-order valence-corrected chi connectivity index (χ4v) is 1.81. The summed E-state index contributed by atoms with van der Waals surface area (Å²) >= 11 is 0. The van der Waals surface area contributed by atoms with Crippen molar-refractivity contribution in [2.24, 2.45) is 11.7 Å². The van der Waals surface area contributed by atoms with Crippen molar-refractivity contribution in [1.29, 1.82) is 0 Å². The fourth-order valence-electron chi connectivity index (χ4n) is 1.81. The summed E-state index contributed by atoms with van der Waals surface area (Å²) < 4.78 is 25.1. The molecule has 1 atom stereocenters. The number of alkyl halides is 2. The third kappa shape index (κ3) is 1.92. The Morgan fingerprint density at radius 2 is 2.36 bits per heavy atom. The highest BCUT2D eigenvalue weighted by molar-refractivity contribution is 4.97. The minimum Gasteiger partial charge on any atom is -0.349 e. The minimum absolute atomic E-state index is 0.0601. The maximum absolute atomic E-state index is 12.5. The molecule has 1 heterocycles. The van der Waals surface area contributed by atoms with E-state index in [1.807, 2.05) is 0 Å². The Bertz CT molecular complexity index is 289. The van der Waals surface area contributed by atoms with E-state index >= 15 is 0 Å². The zero-order valence-electron chi connectivity index (χ0n) is 7.71. The topological polar surface area (TPSA) is 54.7 Å². The third-order valence-corrected chi connectivity index (χ3v) is 2.71. The Kier molecular flexibility index (Phi) is 2.26. The van der Waals surface area contributed by atoms with Crippen molar-refractivity contribution in [3.8, 4) is 0 Å². The molecule has 14 heavy (non-hydrogen) atoms. The second kappa shape index (κ2) is 3.31. The van der Waals surface area contributed by atoms with Crippen LogP contribution in [0.1, 0.15) is 18.7 Å². The highest BCUT2D eigenvalue weighted by Gasteiger charge is 2.47. The number of halogens is 2. The van der Waals surface area contributed by atoms with E-state index in [9.17, 15) is 8.78 Å². The van der Waals surface area contributed by atoms with Gasteiger partial charge >= 0.3 is 0 Å². The van der Waals surface area contributed by atoms with Gasteiger partial charge in [0.2, 0.25) is 5.92 Å². The average Bonchev–Trinajstić information content (AvgIpc) is 2.52. The molecule has 1 aliphatic carbocycles. The molecule has 1 unspecified atom stereocenters. The number of aromatic nitrogens is 2. The predicted molar refractivity (Wildman–Crippen MR) is 47.9 cm³/mol. The van der Waals surface area contributed by atoms with Crippen molar-refractivity contribution in [2.45, 2.75) is 31.2 Å². The van der Waals surface area contributed by atoms with Crippen molar-refractivity contribution in [2.75, 3.05) is 0 Å². The molecular formula is C9H13F2N3. The van der Waals surface area contributed by atoms with Crippen molar-refractivity contribution in [1.82, 2.24) is 9.97 Å². The van der Waals surface area contributed by atoms with Gasteiger partial charge in [0.15, 0.2) is 0 Å². The van der Waals surface area contributed by atoms with Gasteiger partial charge in [-0.25, -0.2) is 13.8 Å². The van der Waals surface area contributed by atoms with Crippen LogP contribution < -0.4 is 5.73 Å². The Labute approximate surface area is 80.7 Å². The summed E-state index contributed by atoms with van der Waals surface area (Å²) in [5, 5.41) is 0. The first-order chi connectivity index (χ1) is 6.57. The monoisotopic (exact) mass is 201 g/mol. The lowest BCUT2D eigenvalue weighted by Gasteiger charge is -2.38. The molecule has 0 aromatic carbocycles. The quantitative estimate of drug-likeness (QED) is 0.775. The molecule has 78 valence electrons. The zero-order chi connectivity index (χ0) is 10.2. The summed E-state index contributed by atoms with van der Waals surface area (Å²) in [5.41, 5.74) is 5.80. The number of H-pyrrole nitrogens is 1. The number of nitrogens with zero attached hydrogens (tertiary/aromatic N) is 1. The summed E-state index contributed by atoms with van der Waals surface area (Å²) in [7, 11) is 0. The standard InChI is InChI=1S/C9H13F2N3/c10-9(11)4-6(5-9)7(12)3-8-13-1-2-14-8/h1-2,6-7H,3-5,12H2,(H,13,14). The Morgan fingerprint density at radius 3 is 2.86 bits per heavy atom. The molecule has 0 bridgehead atoms. The Balaban J connectivity index is 1.83. The van der Waals surface area contributed by atoms with E-state index in [2.05, 4.69) is 9.97 Å². The number of nitrogens with two attached hydrogens (primary N) is 1. The summed E-state index contributed by atoms with van der Waals surface area (Å²) in [6.45, 7) is 0. The second-order valence-corrected chi connectivity index (χ2v) is 3.93. The van der Waals surface area contributed by atoms with Crippen LogP contribution in [0.5, 0.6) is 0 Å². The lowest BCUT2D eigenvalue weighted by molar-refractivity contribution is -0.116. The maximum atomic E-state index is 12.5. The number of hydrogen-bond acceptors (Lipinski definition) is 2. The predicted octanol–water partition coefficient (Wildman–Crippen LogP) is 1.32. The molecule has 0 spiro atoms. The van der Waals surface area contributed by atoms with Crippen molar-refractivity contribution in [3.63, 3.8) is 0 Å². The van der Waals surface area contributed by atoms with Crippen LogP contribution in [0.3, 0.4) is 0 Å². The number of rotatable bonds is 3. The lowest BCUT2D eigenvalue weighted by Crippen LogP contribution is -2.46. The van der Waals surface area contributed by atoms with Crippen LogP contribution in [0, 0.1) is 5.92 Å². The molecule has 1 aromatic heterocycles. The van der Waals surface area contributed by atoms with Crippen LogP contribution in [0.4, 0.5) is 8.78 Å². The summed E-state index contributed by atoms with van der Waals surface area (Å²) in [4.78, 5) is 6.92. The summed E-state index contributed by atoms with van der Waals surface area (Å²) in [6.07, 6.45) is 3.74. The van der Waals surface area contributed by atoms with Gasteiger partial charge in [-0.3, -0.25) is 0 Å². The molecule has 0 amide bonds. The van der Waals surface area contributed by atoms with Gasteiger partial charge in [-0.15, -0.1) is 0 Å². The van der Waals surface area contributed by atoms with Crippen molar-refractivity contribution >= 4 is 0 Å². The van der Waals surface area contributed by atoms with E-state index in [1.54, 1.807) is 12.4 Å². The van der Waals surface area contributed by atoms with Gasteiger partial charge in [-0.1, -0.05) is 0 Å². The first-order valence-electron chi connectivity index (χ1n) is 4.68. The first-order valence-corrected chi connectivity index (χ1v) is 4.68. The molecular weight excluding hydrogens is 188 g/mol. The Hall–Kier alpha value is -0.970. The molecule has 1 saturated carbocycles. The SMILES string of the molecule is NC(Cc1ncc[nH]1)C1CC(F)(F)C1. The number of imidazole rings is 1. The smallest absolute Gasteiger partial charge is 0.248 e. The van der Waals surface area contributed by atoms with Gasteiger partial charge < -0.3 is 10.7 Å². The highest BCUT2D eigenvalue weighted by atomic mass is 19.3. The van der Waals surface area contributed by atoms with Gasteiger partial charge in [0.05, 0.1) is 0 Å². The van der Waals surface area contributed by atoms with E-state index in [1.165, 1.54) is 0 Å². The third-order valence-electron chi connectivity index (χ3n) is 2.71. The Morgan fingerprint density at radius 1 is 1.64 bits per heavy atom. The zero-order valence-corrected chi connectivity index (χ0v) is 7.71. The number of nitrogens with one attached hydrogen (secondary N) is 1. The van der Waals surface area contributed by atoms with Gasteiger partial charge in [0, 0.05) is 37.7 Å². The maximum Gasteiger partial charge on any atom is 0.248 e. The van der Waals surface area contributed by atoms with Gasteiger partial charge in [0.1, 0.15) is 5.82 Å². The van der Waals surface area contributed by atoms with Crippen molar-refractivity contribution < 1.29 is 8.78 Å². The summed E-state index contributed by atoms with van der Waals surface area (Å²) in [6, 6.07) is -0.208. The van der Waals surface area contributed by atoms with E-state index < -0.39 is 5.92 Å². The van der Waals surface area contributed by atoms with Gasteiger partial charge in [0.25, 0.3) is 0 Å². The molecule has 5 heteroatoms. The van der Waals surface area contributed by atoms with Crippen molar-refractivity contribution in [3.05, 3.63) is 18.2 Å². The van der Waals surface area contributed by atoms with E-state index in [0.29, 0.717) is 6.42 Å². The molecule has 0 aliphatic heterocycles. The van der Waals surface area contributed by atoms with Crippen LogP contribution in [0.15, 0.2) is 12.4 Å². The highest BCUT2D eigenvalue weighted by Crippen LogP contribution is 2.43. The van der Waals surface area contributed by atoms with Crippen LogP contribution in [-0.4, -0.2) is 21.9 Å². The number of hydrogen-bond donors (Lipinski definition) is 2. The molecule has 1 fully saturated rings. The minimum atomic E-state index is -2.48. The lowest BCUT2D eigenvalue weighted by atomic mass is 9.76. The first kappa shape index (κ1) is 9.58. The molecule has 3 nitrogen and oxygen atoms in total. The van der Waals surface area contributed by atoms with E-state index in [-0.39, 0.29) is 24.8 Å². The van der Waals surface area contributed by atoms with Crippen LogP contribution in [0.25, 0.3) is 0 Å².